The lowest BCUT2D eigenvalue weighted by Gasteiger charge is -2.14. The lowest BCUT2D eigenvalue weighted by molar-refractivity contribution is -0.385. The SMILES string of the molecule is Cc1ccc([N+](=O)[O-])c([C@@H](N)CC2CC2)c1O.Cl. The summed E-state index contributed by atoms with van der Waals surface area (Å²) in [6, 6.07) is 2.50. The van der Waals surface area contributed by atoms with Crippen molar-refractivity contribution < 1.29 is 10.0 Å². The topological polar surface area (TPSA) is 89.4 Å². The molecule has 1 aliphatic carbocycles. The van der Waals surface area contributed by atoms with E-state index in [0.29, 0.717) is 17.9 Å². The Kier molecular flexibility index (Phi) is 4.53. The van der Waals surface area contributed by atoms with Gasteiger partial charge in [-0.15, -0.1) is 12.4 Å². The molecule has 0 bridgehead atoms. The normalized spacial score (nSPS) is 15.9. The van der Waals surface area contributed by atoms with Crippen LogP contribution in [0.1, 0.15) is 36.4 Å². The number of nitro benzene ring substituents is 1. The van der Waals surface area contributed by atoms with E-state index in [1.807, 2.05) is 0 Å². The second-order valence-electron chi connectivity index (χ2n) is 4.71. The second kappa shape index (κ2) is 5.54. The molecule has 0 saturated heterocycles. The maximum absolute atomic E-state index is 10.9. The van der Waals surface area contributed by atoms with E-state index in [9.17, 15) is 15.2 Å². The number of halogens is 1. The first-order chi connectivity index (χ1) is 8.00. The zero-order valence-electron chi connectivity index (χ0n) is 10.1. The van der Waals surface area contributed by atoms with Gasteiger partial charge in [-0.05, 0) is 30.9 Å². The molecule has 5 nitrogen and oxygen atoms in total. The molecule has 1 fully saturated rings. The largest absolute Gasteiger partial charge is 0.507 e. The van der Waals surface area contributed by atoms with Gasteiger partial charge in [-0.25, -0.2) is 0 Å². The summed E-state index contributed by atoms with van der Waals surface area (Å²) in [6.45, 7) is 1.71. The molecule has 1 aromatic carbocycles. The predicted octanol–water partition coefficient (Wildman–Crippen LogP) is 2.83. The molecular formula is C12H17ClN2O3. The first kappa shape index (κ1) is 14.7. The van der Waals surface area contributed by atoms with Crippen LogP contribution in [0.2, 0.25) is 0 Å². The molecule has 100 valence electrons. The van der Waals surface area contributed by atoms with Gasteiger partial charge in [-0.3, -0.25) is 10.1 Å². The summed E-state index contributed by atoms with van der Waals surface area (Å²) in [5.41, 5.74) is 6.80. The van der Waals surface area contributed by atoms with E-state index in [2.05, 4.69) is 0 Å². The maximum Gasteiger partial charge on any atom is 0.277 e. The molecule has 1 saturated carbocycles. The molecule has 0 amide bonds. The minimum atomic E-state index is -0.485. The van der Waals surface area contributed by atoms with Crippen molar-refractivity contribution in [3.05, 3.63) is 33.4 Å². The van der Waals surface area contributed by atoms with Crippen LogP contribution in [0.15, 0.2) is 12.1 Å². The Morgan fingerprint density at radius 1 is 1.56 bits per heavy atom. The Labute approximate surface area is 112 Å². The molecule has 0 unspecified atom stereocenters. The molecule has 3 N–H and O–H groups in total. The summed E-state index contributed by atoms with van der Waals surface area (Å²) in [5, 5.41) is 20.9. The van der Waals surface area contributed by atoms with Gasteiger partial charge in [-0.2, -0.15) is 0 Å². The number of nitrogens with two attached hydrogens (primary N) is 1. The Morgan fingerprint density at radius 2 is 2.17 bits per heavy atom. The molecule has 0 radical (unpaired) electrons. The number of aryl methyl sites for hydroxylation is 1. The average Bonchev–Trinajstić information content (AvgIpc) is 3.05. The van der Waals surface area contributed by atoms with Crippen molar-refractivity contribution in [2.75, 3.05) is 0 Å². The minimum Gasteiger partial charge on any atom is -0.507 e. The standard InChI is InChI=1S/C12H16N2O3.ClH/c1-7-2-5-10(14(16)17)11(12(7)15)9(13)6-8-3-4-8;/h2,5,8-9,15H,3-4,6,13H2,1H3;1H/t9-;/m0./s1. The van der Waals surface area contributed by atoms with Gasteiger partial charge in [0.15, 0.2) is 0 Å². The third kappa shape index (κ3) is 2.91. The molecule has 0 aliphatic heterocycles. The Hall–Kier alpha value is -1.33. The zero-order valence-corrected chi connectivity index (χ0v) is 10.9. The molecule has 0 spiro atoms. The zero-order chi connectivity index (χ0) is 12.6. The lowest BCUT2D eigenvalue weighted by Crippen LogP contribution is -2.13. The third-order valence-corrected chi connectivity index (χ3v) is 3.25. The van der Waals surface area contributed by atoms with Crippen molar-refractivity contribution in [1.29, 1.82) is 0 Å². The van der Waals surface area contributed by atoms with E-state index in [1.54, 1.807) is 13.0 Å². The van der Waals surface area contributed by atoms with Crippen LogP contribution in [0.3, 0.4) is 0 Å². The van der Waals surface area contributed by atoms with Gasteiger partial charge < -0.3 is 10.8 Å². The van der Waals surface area contributed by atoms with Gasteiger partial charge in [-0.1, -0.05) is 12.8 Å². The lowest BCUT2D eigenvalue weighted by atomic mass is 9.97. The van der Waals surface area contributed by atoms with Crippen molar-refractivity contribution in [2.45, 2.75) is 32.2 Å². The number of benzene rings is 1. The van der Waals surface area contributed by atoms with E-state index in [-0.39, 0.29) is 29.4 Å². The van der Waals surface area contributed by atoms with Crippen molar-refractivity contribution in [1.82, 2.24) is 0 Å². The minimum absolute atomic E-state index is 0. The summed E-state index contributed by atoms with van der Waals surface area (Å²) >= 11 is 0. The number of phenolic OH excluding ortho intramolecular Hbond substituents is 1. The summed E-state index contributed by atoms with van der Waals surface area (Å²) < 4.78 is 0. The first-order valence-corrected chi connectivity index (χ1v) is 5.73. The van der Waals surface area contributed by atoms with Gasteiger partial charge in [0.1, 0.15) is 5.75 Å². The van der Waals surface area contributed by atoms with Gasteiger partial charge >= 0.3 is 0 Å². The monoisotopic (exact) mass is 272 g/mol. The summed E-state index contributed by atoms with van der Waals surface area (Å²) in [6.07, 6.45) is 2.97. The molecule has 1 atom stereocenters. The van der Waals surface area contributed by atoms with E-state index in [1.165, 1.54) is 6.07 Å². The number of hydrogen-bond acceptors (Lipinski definition) is 4. The molecule has 1 aliphatic rings. The van der Waals surface area contributed by atoms with Crippen molar-refractivity contribution >= 4 is 18.1 Å². The van der Waals surface area contributed by atoms with Crippen molar-refractivity contribution in [2.24, 2.45) is 11.7 Å². The van der Waals surface area contributed by atoms with Gasteiger partial charge in [0, 0.05) is 12.1 Å². The van der Waals surface area contributed by atoms with Gasteiger partial charge in [0.05, 0.1) is 10.5 Å². The van der Waals surface area contributed by atoms with E-state index in [0.717, 1.165) is 12.8 Å². The number of nitrogens with zero attached hydrogens (tertiary/aromatic N) is 1. The molecule has 2 rings (SSSR count). The van der Waals surface area contributed by atoms with Gasteiger partial charge in [0.2, 0.25) is 0 Å². The summed E-state index contributed by atoms with van der Waals surface area (Å²) in [5.74, 6) is 0.525. The average molecular weight is 273 g/mol. The molecule has 18 heavy (non-hydrogen) atoms. The molecule has 0 heterocycles. The summed E-state index contributed by atoms with van der Waals surface area (Å²) in [7, 11) is 0. The van der Waals surface area contributed by atoms with Crippen LogP contribution in [-0.2, 0) is 0 Å². The van der Waals surface area contributed by atoms with Gasteiger partial charge in [0.25, 0.3) is 5.69 Å². The van der Waals surface area contributed by atoms with Crippen LogP contribution < -0.4 is 5.73 Å². The number of rotatable bonds is 4. The summed E-state index contributed by atoms with van der Waals surface area (Å²) in [4.78, 5) is 10.4. The third-order valence-electron chi connectivity index (χ3n) is 3.25. The second-order valence-corrected chi connectivity index (χ2v) is 4.71. The first-order valence-electron chi connectivity index (χ1n) is 5.73. The fourth-order valence-electron chi connectivity index (χ4n) is 2.06. The highest BCUT2D eigenvalue weighted by atomic mass is 35.5. The van der Waals surface area contributed by atoms with E-state index >= 15 is 0 Å². The van der Waals surface area contributed by atoms with Crippen LogP contribution in [0.25, 0.3) is 0 Å². The highest BCUT2D eigenvalue weighted by Crippen LogP contribution is 2.42. The Balaban J connectivity index is 0.00000162. The van der Waals surface area contributed by atoms with E-state index in [4.69, 9.17) is 5.73 Å². The Bertz CT molecular complexity index is 461. The number of nitro groups is 1. The van der Waals surface area contributed by atoms with Crippen molar-refractivity contribution in [3.8, 4) is 5.75 Å². The molecule has 6 heteroatoms. The van der Waals surface area contributed by atoms with Crippen LogP contribution >= 0.6 is 12.4 Å². The quantitative estimate of drug-likeness (QED) is 0.651. The van der Waals surface area contributed by atoms with Crippen molar-refractivity contribution in [3.63, 3.8) is 0 Å². The van der Waals surface area contributed by atoms with Crippen LogP contribution in [0.4, 0.5) is 5.69 Å². The molecule has 1 aromatic rings. The Morgan fingerprint density at radius 3 is 2.67 bits per heavy atom. The highest BCUT2D eigenvalue weighted by Gasteiger charge is 2.30. The predicted molar refractivity (Wildman–Crippen MR) is 71.0 cm³/mol. The van der Waals surface area contributed by atoms with Crippen LogP contribution in [-0.4, -0.2) is 10.0 Å². The van der Waals surface area contributed by atoms with Crippen LogP contribution in [0.5, 0.6) is 5.75 Å². The fraction of sp³-hybridized carbons (Fsp3) is 0.500. The number of phenols is 1. The van der Waals surface area contributed by atoms with Crippen LogP contribution in [0, 0.1) is 23.0 Å². The highest BCUT2D eigenvalue weighted by molar-refractivity contribution is 5.85. The molecular weight excluding hydrogens is 256 g/mol. The fourth-order valence-corrected chi connectivity index (χ4v) is 2.06. The smallest absolute Gasteiger partial charge is 0.277 e. The maximum atomic E-state index is 10.9. The number of aromatic hydroxyl groups is 1. The number of hydrogen-bond donors (Lipinski definition) is 2. The van der Waals surface area contributed by atoms with E-state index < -0.39 is 11.0 Å². The molecule has 0 aromatic heterocycles.